The Kier molecular flexibility index (Phi) is 5.05. The van der Waals surface area contributed by atoms with E-state index in [1.165, 1.54) is 0 Å². The summed E-state index contributed by atoms with van der Waals surface area (Å²) < 4.78 is 17.1. The van der Waals surface area contributed by atoms with Gasteiger partial charge < -0.3 is 19.9 Å². The molecule has 2 rings (SSSR count). The maximum atomic E-state index is 6.09. The molecule has 19 heavy (non-hydrogen) atoms. The minimum Gasteiger partial charge on any atom is -0.490 e. The predicted molar refractivity (Wildman–Crippen MR) is 74.8 cm³/mol. The van der Waals surface area contributed by atoms with Gasteiger partial charge in [0.05, 0.1) is 19.8 Å². The number of benzene rings is 1. The molecule has 0 bridgehead atoms. The van der Waals surface area contributed by atoms with Crippen LogP contribution in [0.2, 0.25) is 0 Å². The van der Waals surface area contributed by atoms with Crippen LogP contribution in [-0.2, 0) is 11.2 Å². The van der Waals surface area contributed by atoms with E-state index >= 15 is 0 Å². The Morgan fingerprint density at radius 3 is 2.95 bits per heavy atom. The molecule has 106 valence electrons. The van der Waals surface area contributed by atoms with Crippen LogP contribution < -0.4 is 15.2 Å². The number of hydrogen-bond acceptors (Lipinski definition) is 4. The lowest BCUT2D eigenvalue weighted by molar-refractivity contribution is 0.137. The zero-order valence-electron chi connectivity index (χ0n) is 11.7. The third kappa shape index (κ3) is 3.85. The maximum Gasteiger partial charge on any atom is 0.164 e. The molecule has 0 aliphatic carbocycles. The van der Waals surface area contributed by atoms with Crippen molar-refractivity contribution in [3.63, 3.8) is 0 Å². The van der Waals surface area contributed by atoms with Gasteiger partial charge in [0.25, 0.3) is 0 Å². The summed E-state index contributed by atoms with van der Waals surface area (Å²) in [6.45, 7) is 6.01. The van der Waals surface area contributed by atoms with Crippen LogP contribution in [0.4, 0.5) is 0 Å². The summed E-state index contributed by atoms with van der Waals surface area (Å²) in [5, 5.41) is 0. The van der Waals surface area contributed by atoms with Crippen molar-refractivity contribution in [2.45, 2.75) is 38.8 Å². The fraction of sp³-hybridized carbons (Fsp3) is 0.600. The first-order valence-electron chi connectivity index (χ1n) is 6.95. The molecule has 2 atom stereocenters. The first kappa shape index (κ1) is 14.2. The average Bonchev–Trinajstić information content (AvgIpc) is 2.85. The van der Waals surface area contributed by atoms with Gasteiger partial charge in [0.2, 0.25) is 0 Å². The molecule has 0 spiro atoms. The van der Waals surface area contributed by atoms with E-state index in [2.05, 4.69) is 6.07 Å². The van der Waals surface area contributed by atoms with Gasteiger partial charge in [0.15, 0.2) is 11.5 Å². The number of ether oxygens (including phenoxy) is 3. The average molecular weight is 265 g/mol. The molecular formula is C15H23NO3. The zero-order valence-corrected chi connectivity index (χ0v) is 11.7. The molecule has 1 aromatic carbocycles. The number of para-hydroxylation sites is 1. The van der Waals surface area contributed by atoms with Crippen molar-refractivity contribution in [3.05, 3.63) is 23.8 Å². The van der Waals surface area contributed by atoms with Crippen molar-refractivity contribution in [2.24, 2.45) is 5.73 Å². The highest BCUT2D eigenvalue weighted by Gasteiger charge is 2.21. The van der Waals surface area contributed by atoms with Gasteiger partial charge in [0.1, 0.15) is 6.10 Å². The van der Waals surface area contributed by atoms with Crippen LogP contribution in [0.25, 0.3) is 0 Å². The monoisotopic (exact) mass is 265 g/mol. The van der Waals surface area contributed by atoms with E-state index in [0.29, 0.717) is 13.2 Å². The fourth-order valence-corrected chi connectivity index (χ4v) is 2.24. The van der Waals surface area contributed by atoms with Crippen LogP contribution >= 0.6 is 0 Å². The van der Waals surface area contributed by atoms with Gasteiger partial charge in [-0.05, 0) is 31.9 Å². The highest BCUT2D eigenvalue weighted by molar-refractivity contribution is 5.47. The Labute approximate surface area is 114 Å². The van der Waals surface area contributed by atoms with E-state index in [0.717, 1.165) is 36.5 Å². The molecular weight excluding hydrogens is 242 g/mol. The summed E-state index contributed by atoms with van der Waals surface area (Å²) in [6, 6.07) is 6.08. The molecule has 4 heteroatoms. The molecule has 0 amide bonds. The lowest BCUT2D eigenvalue weighted by Gasteiger charge is -2.19. The van der Waals surface area contributed by atoms with Crippen LogP contribution in [0.5, 0.6) is 11.5 Å². The lowest BCUT2D eigenvalue weighted by Crippen LogP contribution is -2.21. The van der Waals surface area contributed by atoms with Gasteiger partial charge in [-0.15, -0.1) is 0 Å². The van der Waals surface area contributed by atoms with Crippen LogP contribution in [-0.4, -0.2) is 32.0 Å². The van der Waals surface area contributed by atoms with E-state index < -0.39 is 0 Å². The van der Waals surface area contributed by atoms with E-state index in [1.54, 1.807) is 0 Å². The smallest absolute Gasteiger partial charge is 0.164 e. The number of hydrogen-bond donors (Lipinski definition) is 1. The van der Waals surface area contributed by atoms with Crippen LogP contribution in [0.1, 0.15) is 25.8 Å². The topological polar surface area (TPSA) is 53.7 Å². The Morgan fingerprint density at radius 2 is 2.32 bits per heavy atom. The molecule has 4 nitrogen and oxygen atoms in total. The first-order chi connectivity index (χ1) is 9.20. The summed E-state index contributed by atoms with van der Waals surface area (Å²) in [6.07, 6.45) is 1.83. The van der Waals surface area contributed by atoms with Gasteiger partial charge >= 0.3 is 0 Å². The van der Waals surface area contributed by atoms with Crippen LogP contribution in [0.3, 0.4) is 0 Å². The molecule has 0 saturated carbocycles. The van der Waals surface area contributed by atoms with Crippen LogP contribution in [0.15, 0.2) is 18.2 Å². The molecule has 1 aliphatic rings. The van der Waals surface area contributed by atoms with Crippen molar-refractivity contribution in [1.29, 1.82) is 0 Å². The van der Waals surface area contributed by atoms with E-state index in [1.807, 2.05) is 26.0 Å². The Bertz CT molecular complexity index is 400. The summed E-state index contributed by atoms with van der Waals surface area (Å²) in [5.41, 5.74) is 7.01. The Hall–Kier alpha value is -1.26. The molecule has 1 aliphatic heterocycles. The highest BCUT2D eigenvalue weighted by Crippen LogP contribution is 2.34. The molecule has 0 aromatic heterocycles. The van der Waals surface area contributed by atoms with Crippen LogP contribution in [0, 0.1) is 0 Å². The molecule has 1 saturated heterocycles. The zero-order chi connectivity index (χ0) is 13.7. The second-order valence-electron chi connectivity index (χ2n) is 4.96. The van der Waals surface area contributed by atoms with Crippen molar-refractivity contribution in [3.8, 4) is 11.5 Å². The minimum atomic E-state index is 0.0963. The maximum absolute atomic E-state index is 6.09. The minimum absolute atomic E-state index is 0.0963. The fourth-order valence-electron chi connectivity index (χ4n) is 2.24. The van der Waals surface area contributed by atoms with E-state index in [-0.39, 0.29) is 12.1 Å². The van der Waals surface area contributed by atoms with Gasteiger partial charge in [-0.2, -0.15) is 0 Å². The molecule has 1 fully saturated rings. The summed E-state index contributed by atoms with van der Waals surface area (Å²) in [4.78, 5) is 0. The number of nitrogens with two attached hydrogens (primary N) is 1. The van der Waals surface area contributed by atoms with Crippen molar-refractivity contribution >= 4 is 0 Å². The van der Waals surface area contributed by atoms with Gasteiger partial charge in [0, 0.05) is 12.5 Å². The normalized spacial score (nSPS) is 20.3. The molecule has 0 radical (unpaired) electrons. The Morgan fingerprint density at radius 1 is 1.47 bits per heavy atom. The third-order valence-electron chi connectivity index (χ3n) is 3.07. The van der Waals surface area contributed by atoms with Crippen molar-refractivity contribution in [2.75, 3.05) is 19.8 Å². The lowest BCUT2D eigenvalue weighted by atomic mass is 10.1. The molecule has 2 unspecified atom stereocenters. The standard InChI is InChI=1S/C15H23NO3/c1-3-18-14-6-4-5-12(9-11(2)16)15(14)19-13-7-8-17-10-13/h4-6,11,13H,3,7-10,16H2,1-2H3. The van der Waals surface area contributed by atoms with Crippen molar-refractivity contribution in [1.82, 2.24) is 0 Å². The van der Waals surface area contributed by atoms with E-state index in [9.17, 15) is 0 Å². The Balaban J connectivity index is 2.22. The summed E-state index contributed by atoms with van der Waals surface area (Å²) in [5.74, 6) is 1.63. The molecule has 2 N–H and O–H groups in total. The second kappa shape index (κ2) is 6.78. The van der Waals surface area contributed by atoms with Gasteiger partial charge in [-0.1, -0.05) is 12.1 Å². The molecule has 1 heterocycles. The largest absolute Gasteiger partial charge is 0.490 e. The summed E-state index contributed by atoms with van der Waals surface area (Å²) in [7, 11) is 0. The van der Waals surface area contributed by atoms with Crippen molar-refractivity contribution < 1.29 is 14.2 Å². The second-order valence-corrected chi connectivity index (χ2v) is 4.96. The predicted octanol–water partition coefficient (Wildman–Crippen LogP) is 2.14. The van der Waals surface area contributed by atoms with Gasteiger partial charge in [-0.25, -0.2) is 0 Å². The molecule has 1 aromatic rings. The quantitative estimate of drug-likeness (QED) is 0.856. The van der Waals surface area contributed by atoms with Gasteiger partial charge in [-0.3, -0.25) is 0 Å². The number of rotatable bonds is 6. The summed E-state index contributed by atoms with van der Waals surface area (Å²) >= 11 is 0. The third-order valence-corrected chi connectivity index (χ3v) is 3.07. The SMILES string of the molecule is CCOc1cccc(CC(C)N)c1OC1CCOC1. The first-order valence-corrected chi connectivity index (χ1v) is 6.95. The van der Waals surface area contributed by atoms with E-state index in [4.69, 9.17) is 19.9 Å². The highest BCUT2D eigenvalue weighted by atomic mass is 16.6.